The van der Waals surface area contributed by atoms with Crippen molar-refractivity contribution in [3.8, 4) is 0 Å². The fourth-order valence-corrected chi connectivity index (χ4v) is 1.28. The largest absolute Gasteiger partial charge is 0.295 e. The van der Waals surface area contributed by atoms with Gasteiger partial charge in [-0.2, -0.15) is 0 Å². The summed E-state index contributed by atoms with van der Waals surface area (Å²) in [4.78, 5) is 22.5. The third kappa shape index (κ3) is 2.62. The Balaban J connectivity index is 3.39. The van der Waals surface area contributed by atoms with Crippen LogP contribution in [-0.2, 0) is 0 Å². The second kappa shape index (κ2) is 4.22. The molecule has 1 aromatic carbocycles. The van der Waals surface area contributed by atoms with Gasteiger partial charge in [-0.1, -0.05) is 12.2 Å². The van der Waals surface area contributed by atoms with E-state index in [1.807, 2.05) is 6.92 Å². The van der Waals surface area contributed by atoms with Gasteiger partial charge < -0.3 is 0 Å². The van der Waals surface area contributed by atoms with Gasteiger partial charge in [0, 0.05) is 11.1 Å². The summed E-state index contributed by atoms with van der Waals surface area (Å²) >= 11 is 0. The first-order chi connectivity index (χ1) is 6.91. The van der Waals surface area contributed by atoms with Gasteiger partial charge in [0.1, 0.15) is 0 Å². The van der Waals surface area contributed by atoms with Crippen molar-refractivity contribution in [1.29, 1.82) is 0 Å². The van der Waals surface area contributed by atoms with Crippen LogP contribution < -0.4 is 0 Å². The number of benzene rings is 1. The predicted octanol–water partition coefficient (Wildman–Crippen LogP) is 3.12. The van der Waals surface area contributed by atoms with Crippen molar-refractivity contribution in [3.63, 3.8) is 0 Å². The standard InChI is InChI=1S/C13H14O2/c1-8(2)11-5-12(9(3)14)7-13(6-11)10(4)15/h5-7H,1H2,2-4H3. The molecule has 0 atom stereocenters. The Kier molecular flexibility index (Phi) is 3.20. The number of Topliss-reactive ketones (excluding diaryl/α,β-unsaturated/α-hetero) is 2. The van der Waals surface area contributed by atoms with Crippen LogP contribution in [-0.4, -0.2) is 11.6 Å². The predicted molar refractivity (Wildman–Crippen MR) is 61.2 cm³/mol. The zero-order valence-corrected chi connectivity index (χ0v) is 9.26. The van der Waals surface area contributed by atoms with Crippen LogP contribution in [0.15, 0.2) is 24.8 Å². The van der Waals surface area contributed by atoms with E-state index in [0.717, 1.165) is 11.1 Å². The van der Waals surface area contributed by atoms with Crippen molar-refractivity contribution in [1.82, 2.24) is 0 Å². The van der Waals surface area contributed by atoms with Gasteiger partial charge in [0.05, 0.1) is 0 Å². The van der Waals surface area contributed by atoms with Crippen LogP contribution in [0, 0.1) is 0 Å². The molecule has 0 bridgehead atoms. The van der Waals surface area contributed by atoms with Crippen LogP contribution in [0.2, 0.25) is 0 Å². The molecule has 0 spiro atoms. The average Bonchev–Trinajstić information content (AvgIpc) is 2.16. The van der Waals surface area contributed by atoms with Gasteiger partial charge in [-0.3, -0.25) is 9.59 Å². The first-order valence-corrected chi connectivity index (χ1v) is 4.74. The molecule has 0 radical (unpaired) electrons. The van der Waals surface area contributed by atoms with Crippen molar-refractivity contribution < 1.29 is 9.59 Å². The van der Waals surface area contributed by atoms with Crippen LogP contribution in [0.1, 0.15) is 47.1 Å². The zero-order chi connectivity index (χ0) is 11.6. The molecule has 0 fully saturated rings. The van der Waals surface area contributed by atoms with Gasteiger partial charge in [0.15, 0.2) is 11.6 Å². The minimum Gasteiger partial charge on any atom is -0.295 e. The maximum absolute atomic E-state index is 11.3. The molecule has 0 heterocycles. The van der Waals surface area contributed by atoms with Gasteiger partial charge in [-0.15, -0.1) is 0 Å². The molecule has 15 heavy (non-hydrogen) atoms. The first-order valence-electron chi connectivity index (χ1n) is 4.74. The fourth-order valence-electron chi connectivity index (χ4n) is 1.28. The SMILES string of the molecule is C=C(C)c1cc(C(C)=O)cc(C(C)=O)c1. The molecular weight excluding hydrogens is 188 g/mol. The summed E-state index contributed by atoms with van der Waals surface area (Å²) in [5, 5.41) is 0. The Hall–Kier alpha value is -1.70. The van der Waals surface area contributed by atoms with Gasteiger partial charge in [-0.05, 0) is 44.5 Å². The van der Waals surface area contributed by atoms with Crippen molar-refractivity contribution in [2.45, 2.75) is 20.8 Å². The zero-order valence-electron chi connectivity index (χ0n) is 9.26. The molecule has 0 aliphatic carbocycles. The van der Waals surface area contributed by atoms with Crippen molar-refractivity contribution in [3.05, 3.63) is 41.5 Å². The van der Waals surface area contributed by atoms with Crippen LogP contribution in [0.4, 0.5) is 0 Å². The monoisotopic (exact) mass is 202 g/mol. The molecule has 0 saturated heterocycles. The topological polar surface area (TPSA) is 34.1 Å². The molecule has 2 nitrogen and oxygen atoms in total. The third-order valence-electron chi connectivity index (χ3n) is 2.24. The lowest BCUT2D eigenvalue weighted by Crippen LogP contribution is -2.00. The van der Waals surface area contributed by atoms with Crippen LogP contribution >= 0.6 is 0 Å². The lowest BCUT2D eigenvalue weighted by Gasteiger charge is -2.05. The number of ketones is 2. The summed E-state index contributed by atoms with van der Waals surface area (Å²) in [5.41, 5.74) is 2.80. The molecule has 0 amide bonds. The van der Waals surface area contributed by atoms with Gasteiger partial charge in [0.25, 0.3) is 0 Å². The summed E-state index contributed by atoms with van der Waals surface area (Å²) < 4.78 is 0. The molecule has 0 saturated carbocycles. The Morgan fingerprint density at radius 3 is 1.47 bits per heavy atom. The van der Waals surface area contributed by atoms with Crippen molar-refractivity contribution in [2.75, 3.05) is 0 Å². The number of carbonyl (C=O) groups is 2. The molecule has 0 aliphatic rings. The highest BCUT2D eigenvalue weighted by atomic mass is 16.1. The molecule has 1 aromatic rings. The van der Waals surface area contributed by atoms with E-state index in [2.05, 4.69) is 6.58 Å². The van der Waals surface area contributed by atoms with E-state index in [-0.39, 0.29) is 11.6 Å². The molecule has 0 unspecified atom stereocenters. The highest BCUT2D eigenvalue weighted by molar-refractivity contribution is 6.00. The van der Waals surface area contributed by atoms with Crippen LogP contribution in [0.25, 0.3) is 5.57 Å². The van der Waals surface area contributed by atoms with Crippen LogP contribution in [0.5, 0.6) is 0 Å². The number of rotatable bonds is 3. The summed E-state index contributed by atoms with van der Waals surface area (Å²) in [6, 6.07) is 5.14. The average molecular weight is 202 g/mol. The fraction of sp³-hybridized carbons (Fsp3) is 0.231. The molecule has 0 aliphatic heterocycles. The molecule has 78 valence electrons. The highest BCUT2D eigenvalue weighted by Gasteiger charge is 2.07. The van der Waals surface area contributed by atoms with Crippen molar-refractivity contribution in [2.24, 2.45) is 0 Å². The van der Waals surface area contributed by atoms with Gasteiger partial charge in [-0.25, -0.2) is 0 Å². The highest BCUT2D eigenvalue weighted by Crippen LogP contribution is 2.17. The van der Waals surface area contributed by atoms with E-state index in [1.165, 1.54) is 13.8 Å². The van der Waals surface area contributed by atoms with E-state index in [1.54, 1.807) is 18.2 Å². The maximum atomic E-state index is 11.3. The lowest BCUT2D eigenvalue weighted by atomic mass is 9.98. The summed E-state index contributed by atoms with van der Waals surface area (Å²) in [5.74, 6) is -0.0822. The summed E-state index contributed by atoms with van der Waals surface area (Å²) in [6.45, 7) is 8.63. The minimum absolute atomic E-state index is 0.0411. The first kappa shape index (κ1) is 11.4. The summed E-state index contributed by atoms with van der Waals surface area (Å²) in [7, 11) is 0. The third-order valence-corrected chi connectivity index (χ3v) is 2.24. The normalized spacial score (nSPS) is 9.80. The molecule has 2 heteroatoms. The van der Waals surface area contributed by atoms with Crippen LogP contribution in [0.3, 0.4) is 0 Å². The molecular formula is C13H14O2. The second-order valence-electron chi connectivity index (χ2n) is 3.69. The van der Waals surface area contributed by atoms with E-state index in [9.17, 15) is 9.59 Å². The van der Waals surface area contributed by atoms with E-state index in [0.29, 0.717) is 11.1 Å². The van der Waals surface area contributed by atoms with Crippen molar-refractivity contribution >= 4 is 17.1 Å². The second-order valence-corrected chi connectivity index (χ2v) is 3.69. The molecule has 0 aromatic heterocycles. The minimum atomic E-state index is -0.0411. The van der Waals surface area contributed by atoms with E-state index < -0.39 is 0 Å². The Labute approximate surface area is 89.6 Å². The maximum Gasteiger partial charge on any atom is 0.159 e. The molecule has 1 rings (SSSR count). The number of allylic oxidation sites excluding steroid dienone is 1. The Morgan fingerprint density at radius 1 is 0.867 bits per heavy atom. The number of hydrogen-bond acceptors (Lipinski definition) is 2. The Bertz CT molecular complexity index is 363. The van der Waals surface area contributed by atoms with E-state index in [4.69, 9.17) is 0 Å². The van der Waals surface area contributed by atoms with Gasteiger partial charge >= 0.3 is 0 Å². The van der Waals surface area contributed by atoms with Gasteiger partial charge in [0.2, 0.25) is 0 Å². The smallest absolute Gasteiger partial charge is 0.159 e. The van der Waals surface area contributed by atoms with E-state index >= 15 is 0 Å². The Morgan fingerprint density at radius 2 is 1.20 bits per heavy atom. The molecule has 0 N–H and O–H groups in total. The summed E-state index contributed by atoms with van der Waals surface area (Å²) in [6.07, 6.45) is 0. The number of hydrogen-bond donors (Lipinski definition) is 0. The quantitative estimate of drug-likeness (QED) is 0.706. The lowest BCUT2D eigenvalue weighted by molar-refractivity contribution is 0.101. The number of carbonyl (C=O) groups excluding carboxylic acids is 2.